The summed E-state index contributed by atoms with van der Waals surface area (Å²) in [5.41, 5.74) is 1.01. The summed E-state index contributed by atoms with van der Waals surface area (Å²) in [5, 5.41) is 0. The smallest absolute Gasteiger partial charge is 0.260 e. The van der Waals surface area contributed by atoms with E-state index in [-0.39, 0.29) is 49.4 Å². The van der Waals surface area contributed by atoms with E-state index in [1.807, 2.05) is 12.1 Å². The van der Waals surface area contributed by atoms with E-state index < -0.39 is 15.8 Å². The molecule has 0 aliphatic carbocycles. The molecule has 2 aromatic rings. The van der Waals surface area contributed by atoms with Crippen LogP contribution in [0, 0.1) is 5.82 Å². The van der Waals surface area contributed by atoms with Crippen LogP contribution < -0.4 is 4.74 Å². The maximum Gasteiger partial charge on any atom is 0.260 e. The maximum absolute atomic E-state index is 13.9. The van der Waals surface area contributed by atoms with Crippen LogP contribution in [-0.4, -0.2) is 62.1 Å². The molecule has 0 spiro atoms. The van der Waals surface area contributed by atoms with Gasteiger partial charge >= 0.3 is 0 Å². The number of hydrogen-bond acceptors (Lipinski definition) is 5. The van der Waals surface area contributed by atoms with Crippen LogP contribution in [0.4, 0.5) is 4.39 Å². The predicted octanol–water partition coefficient (Wildman–Crippen LogP) is 2.26. The van der Waals surface area contributed by atoms with Gasteiger partial charge in [-0.25, -0.2) is 12.8 Å². The number of carbonyl (C=O) groups excluding carboxylic acids is 2. The third-order valence-corrected chi connectivity index (χ3v) is 7.03. The van der Waals surface area contributed by atoms with Crippen LogP contribution in [0.2, 0.25) is 0 Å². The van der Waals surface area contributed by atoms with Crippen LogP contribution in [0.1, 0.15) is 18.9 Å². The molecule has 3 rings (SSSR count). The van der Waals surface area contributed by atoms with Crippen molar-refractivity contribution in [1.82, 2.24) is 9.21 Å². The second-order valence-corrected chi connectivity index (χ2v) is 9.26. The fourth-order valence-corrected chi connectivity index (χ4v) is 4.77. The second kappa shape index (κ2) is 10.0. The van der Waals surface area contributed by atoms with Crippen molar-refractivity contribution < 1.29 is 27.1 Å². The van der Waals surface area contributed by atoms with E-state index >= 15 is 0 Å². The standard InChI is InChI=1S/C22H25FN2O5S/c1-17(26)6-7-18-8-10-19(11-9-18)30-16-22(27)24-12-14-25(15-13-24)31(28,29)21-5-3-2-4-20(21)23/h2-5,8-11H,6-7,12-16H2,1H3. The highest BCUT2D eigenvalue weighted by Crippen LogP contribution is 2.20. The molecule has 0 aromatic heterocycles. The normalized spacial score (nSPS) is 15.0. The number of ether oxygens (including phenoxy) is 1. The van der Waals surface area contributed by atoms with E-state index in [0.29, 0.717) is 18.6 Å². The fourth-order valence-electron chi connectivity index (χ4n) is 3.28. The molecule has 0 radical (unpaired) electrons. The minimum atomic E-state index is -3.94. The summed E-state index contributed by atoms with van der Waals surface area (Å²) in [6.07, 6.45) is 1.14. The molecule has 9 heteroatoms. The third-order valence-electron chi connectivity index (χ3n) is 5.10. The molecule has 1 aliphatic heterocycles. The van der Waals surface area contributed by atoms with E-state index in [1.165, 1.54) is 27.4 Å². The first-order chi connectivity index (χ1) is 14.8. The quantitative estimate of drug-likeness (QED) is 0.619. The molecule has 1 saturated heterocycles. The van der Waals surface area contributed by atoms with Gasteiger partial charge in [0, 0.05) is 32.6 Å². The van der Waals surface area contributed by atoms with Crippen molar-refractivity contribution in [2.45, 2.75) is 24.7 Å². The molecule has 2 aromatic carbocycles. The van der Waals surface area contributed by atoms with E-state index in [2.05, 4.69) is 0 Å². The Labute approximate surface area is 181 Å². The number of nitrogens with zero attached hydrogens (tertiary/aromatic N) is 2. The number of piperazine rings is 1. The van der Waals surface area contributed by atoms with E-state index in [0.717, 1.165) is 11.6 Å². The van der Waals surface area contributed by atoms with Crippen molar-refractivity contribution in [3.63, 3.8) is 0 Å². The summed E-state index contributed by atoms with van der Waals surface area (Å²) >= 11 is 0. The van der Waals surface area contributed by atoms with Crippen molar-refractivity contribution in [3.05, 3.63) is 59.9 Å². The number of benzene rings is 2. The van der Waals surface area contributed by atoms with E-state index in [9.17, 15) is 22.4 Å². The number of hydrogen-bond donors (Lipinski definition) is 0. The summed E-state index contributed by atoms with van der Waals surface area (Å²) in [7, 11) is -3.94. The number of rotatable bonds is 8. The van der Waals surface area contributed by atoms with Gasteiger partial charge in [0.2, 0.25) is 10.0 Å². The lowest BCUT2D eigenvalue weighted by Crippen LogP contribution is -2.51. The van der Waals surface area contributed by atoms with Crippen molar-refractivity contribution in [2.75, 3.05) is 32.8 Å². The number of halogens is 1. The number of amides is 1. The second-order valence-electron chi connectivity index (χ2n) is 7.35. The summed E-state index contributed by atoms with van der Waals surface area (Å²) in [6, 6.07) is 12.5. The Morgan fingerprint density at radius 1 is 1.00 bits per heavy atom. The van der Waals surface area contributed by atoms with Crippen molar-refractivity contribution in [1.29, 1.82) is 0 Å². The van der Waals surface area contributed by atoms with Gasteiger partial charge in [-0.05, 0) is 43.2 Å². The Morgan fingerprint density at radius 2 is 1.65 bits per heavy atom. The number of Topliss-reactive ketones (excluding diaryl/α,β-unsaturated/α-hetero) is 1. The van der Waals surface area contributed by atoms with Gasteiger partial charge in [0.15, 0.2) is 6.61 Å². The highest BCUT2D eigenvalue weighted by Gasteiger charge is 2.31. The zero-order valence-electron chi connectivity index (χ0n) is 17.3. The predicted molar refractivity (Wildman–Crippen MR) is 113 cm³/mol. The Morgan fingerprint density at radius 3 is 2.26 bits per heavy atom. The van der Waals surface area contributed by atoms with Crippen LogP contribution >= 0.6 is 0 Å². The van der Waals surface area contributed by atoms with Crippen LogP contribution in [-0.2, 0) is 26.0 Å². The lowest BCUT2D eigenvalue weighted by atomic mass is 10.1. The van der Waals surface area contributed by atoms with Gasteiger partial charge in [0.1, 0.15) is 22.2 Å². The molecule has 31 heavy (non-hydrogen) atoms. The monoisotopic (exact) mass is 448 g/mol. The van der Waals surface area contributed by atoms with Crippen molar-refractivity contribution in [3.8, 4) is 5.75 Å². The van der Waals surface area contributed by atoms with Gasteiger partial charge in [-0.2, -0.15) is 4.31 Å². The zero-order valence-corrected chi connectivity index (χ0v) is 18.1. The van der Waals surface area contributed by atoms with Gasteiger partial charge in [0.05, 0.1) is 0 Å². The molecule has 7 nitrogen and oxygen atoms in total. The van der Waals surface area contributed by atoms with Gasteiger partial charge in [-0.15, -0.1) is 0 Å². The zero-order chi connectivity index (χ0) is 22.4. The number of sulfonamides is 1. The average Bonchev–Trinajstić information content (AvgIpc) is 2.77. The number of carbonyl (C=O) groups is 2. The molecular formula is C22H25FN2O5S. The molecule has 1 heterocycles. The minimum absolute atomic E-state index is 0.0905. The fraction of sp³-hybridized carbons (Fsp3) is 0.364. The largest absolute Gasteiger partial charge is 0.484 e. The van der Waals surface area contributed by atoms with Crippen LogP contribution in [0.3, 0.4) is 0 Å². The lowest BCUT2D eigenvalue weighted by molar-refractivity contribution is -0.134. The van der Waals surface area contributed by atoms with E-state index in [4.69, 9.17) is 4.74 Å². The van der Waals surface area contributed by atoms with Gasteiger partial charge in [-0.3, -0.25) is 4.79 Å². The molecule has 0 bridgehead atoms. The molecular weight excluding hydrogens is 423 g/mol. The lowest BCUT2D eigenvalue weighted by Gasteiger charge is -2.34. The molecule has 1 aliphatic rings. The topological polar surface area (TPSA) is 84.0 Å². The minimum Gasteiger partial charge on any atom is -0.484 e. The molecule has 0 saturated carbocycles. The third kappa shape index (κ3) is 5.89. The first-order valence-electron chi connectivity index (χ1n) is 10.0. The Bertz CT molecular complexity index is 1030. The van der Waals surface area contributed by atoms with E-state index in [1.54, 1.807) is 19.1 Å². The summed E-state index contributed by atoms with van der Waals surface area (Å²) in [6.45, 7) is 1.99. The van der Waals surface area contributed by atoms with Crippen molar-refractivity contribution >= 4 is 21.7 Å². The number of ketones is 1. The van der Waals surface area contributed by atoms with Gasteiger partial charge in [-0.1, -0.05) is 24.3 Å². The summed E-state index contributed by atoms with van der Waals surface area (Å²) in [5.74, 6) is -0.362. The summed E-state index contributed by atoms with van der Waals surface area (Å²) in [4.78, 5) is 24.7. The highest BCUT2D eigenvalue weighted by atomic mass is 32.2. The number of aryl methyl sites for hydroxylation is 1. The van der Waals surface area contributed by atoms with Gasteiger partial charge in [0.25, 0.3) is 5.91 Å². The first-order valence-corrected chi connectivity index (χ1v) is 11.4. The van der Waals surface area contributed by atoms with Crippen molar-refractivity contribution in [2.24, 2.45) is 0 Å². The average molecular weight is 449 g/mol. The SMILES string of the molecule is CC(=O)CCc1ccc(OCC(=O)N2CCN(S(=O)(=O)c3ccccc3F)CC2)cc1. The molecule has 0 atom stereocenters. The van der Waals surface area contributed by atoms with Crippen LogP contribution in [0.15, 0.2) is 53.4 Å². The van der Waals surface area contributed by atoms with Crippen LogP contribution in [0.5, 0.6) is 5.75 Å². The van der Waals surface area contributed by atoms with Crippen LogP contribution in [0.25, 0.3) is 0 Å². The Hall–Kier alpha value is -2.78. The summed E-state index contributed by atoms with van der Waals surface area (Å²) < 4.78 is 45.9. The Kier molecular flexibility index (Phi) is 7.40. The molecule has 0 unspecified atom stereocenters. The Balaban J connectivity index is 1.49. The maximum atomic E-state index is 13.9. The molecule has 1 amide bonds. The molecule has 1 fully saturated rings. The molecule has 0 N–H and O–H groups in total. The molecule has 166 valence electrons. The first kappa shape index (κ1) is 22.9. The van der Waals surface area contributed by atoms with Gasteiger partial charge < -0.3 is 14.4 Å². The highest BCUT2D eigenvalue weighted by molar-refractivity contribution is 7.89.